The summed E-state index contributed by atoms with van der Waals surface area (Å²) in [7, 11) is -2.97. The lowest BCUT2D eigenvalue weighted by Crippen LogP contribution is -2.29. The number of carbonyl (C=O) groups is 2. The summed E-state index contributed by atoms with van der Waals surface area (Å²) in [5.41, 5.74) is 2.62. The maximum Gasteiger partial charge on any atom is 0.266 e. The van der Waals surface area contributed by atoms with Crippen LogP contribution in [0, 0.1) is 11.8 Å². The standard InChI is InChI=1S/C26H31NO4S/c1-18(2)32(30,31)17-21-12-9-19(10-13-21)8-11-20-14-15-23-24(16-20)26(29)27(25(23)28)22-6-4-3-5-7-22/h3-7,14-16,18-19,21H,8-13,17H2,1-2H3. The molecule has 2 aliphatic rings. The molecular formula is C26H31NO4S. The molecule has 6 heteroatoms. The quantitative estimate of drug-likeness (QED) is 0.550. The van der Waals surface area contributed by atoms with E-state index in [1.807, 2.05) is 30.3 Å². The first-order chi connectivity index (χ1) is 15.3. The molecule has 0 bridgehead atoms. The molecule has 1 aliphatic carbocycles. The molecule has 1 saturated carbocycles. The van der Waals surface area contributed by atoms with Crippen molar-refractivity contribution >= 4 is 27.3 Å². The molecule has 2 aromatic rings. The van der Waals surface area contributed by atoms with Gasteiger partial charge in [-0.15, -0.1) is 0 Å². The Hall–Kier alpha value is -2.47. The molecule has 2 amide bonds. The minimum atomic E-state index is -2.97. The van der Waals surface area contributed by atoms with Crippen molar-refractivity contribution in [1.82, 2.24) is 0 Å². The first-order valence-electron chi connectivity index (χ1n) is 11.5. The van der Waals surface area contributed by atoms with E-state index in [9.17, 15) is 18.0 Å². The Morgan fingerprint density at radius 3 is 2.16 bits per heavy atom. The zero-order chi connectivity index (χ0) is 22.9. The SMILES string of the molecule is CC(C)S(=O)(=O)CC1CCC(CCc2ccc3c(c2)C(=O)N(c2ccccc2)C3=O)CC1. The molecule has 0 aromatic heterocycles. The number of hydrogen-bond donors (Lipinski definition) is 0. The van der Waals surface area contributed by atoms with Crippen LogP contribution in [-0.4, -0.2) is 31.2 Å². The van der Waals surface area contributed by atoms with E-state index in [0.29, 0.717) is 28.5 Å². The van der Waals surface area contributed by atoms with Gasteiger partial charge in [0.2, 0.25) is 0 Å². The van der Waals surface area contributed by atoms with Crippen molar-refractivity contribution in [2.75, 3.05) is 10.7 Å². The molecule has 170 valence electrons. The van der Waals surface area contributed by atoms with Crippen molar-refractivity contribution in [3.63, 3.8) is 0 Å². The number of nitrogens with zero attached hydrogens (tertiary/aromatic N) is 1. The summed E-state index contributed by atoms with van der Waals surface area (Å²) in [5.74, 6) is 0.656. The number of benzene rings is 2. The molecule has 1 aliphatic heterocycles. The molecule has 32 heavy (non-hydrogen) atoms. The van der Waals surface area contributed by atoms with Gasteiger partial charge in [0.05, 0.1) is 27.8 Å². The molecule has 0 spiro atoms. The van der Waals surface area contributed by atoms with Gasteiger partial charge in [0.1, 0.15) is 0 Å². The van der Waals surface area contributed by atoms with E-state index in [1.54, 1.807) is 32.0 Å². The van der Waals surface area contributed by atoms with Gasteiger partial charge in [0.15, 0.2) is 9.84 Å². The number of aryl methyl sites for hydroxylation is 1. The third kappa shape index (κ3) is 4.65. The van der Waals surface area contributed by atoms with Gasteiger partial charge in [0.25, 0.3) is 11.8 Å². The molecule has 5 nitrogen and oxygen atoms in total. The average molecular weight is 454 g/mol. The summed E-state index contributed by atoms with van der Waals surface area (Å²) < 4.78 is 24.4. The van der Waals surface area contributed by atoms with Crippen molar-refractivity contribution < 1.29 is 18.0 Å². The highest BCUT2D eigenvalue weighted by Gasteiger charge is 2.36. The number of amides is 2. The number of hydrogen-bond acceptors (Lipinski definition) is 4. The lowest BCUT2D eigenvalue weighted by atomic mass is 9.80. The van der Waals surface area contributed by atoms with E-state index in [-0.39, 0.29) is 23.0 Å². The first-order valence-corrected chi connectivity index (χ1v) is 13.3. The van der Waals surface area contributed by atoms with Crippen LogP contribution < -0.4 is 4.90 Å². The Morgan fingerprint density at radius 1 is 0.875 bits per heavy atom. The summed E-state index contributed by atoms with van der Waals surface area (Å²) in [6, 6.07) is 14.6. The van der Waals surface area contributed by atoms with Gasteiger partial charge in [0, 0.05) is 0 Å². The van der Waals surface area contributed by atoms with Gasteiger partial charge in [-0.05, 0) is 81.2 Å². The number of imide groups is 1. The maximum atomic E-state index is 12.9. The summed E-state index contributed by atoms with van der Waals surface area (Å²) in [4.78, 5) is 26.9. The van der Waals surface area contributed by atoms with Crippen LogP contribution in [0.3, 0.4) is 0 Å². The van der Waals surface area contributed by atoms with Crippen LogP contribution in [0.4, 0.5) is 5.69 Å². The van der Waals surface area contributed by atoms with Gasteiger partial charge in [-0.3, -0.25) is 9.59 Å². The van der Waals surface area contributed by atoms with E-state index in [0.717, 1.165) is 44.1 Å². The second kappa shape index (κ2) is 9.18. The number of sulfone groups is 1. The largest absolute Gasteiger partial charge is 0.268 e. The predicted molar refractivity (Wildman–Crippen MR) is 127 cm³/mol. The van der Waals surface area contributed by atoms with Crippen LogP contribution >= 0.6 is 0 Å². The summed E-state index contributed by atoms with van der Waals surface area (Å²) >= 11 is 0. The molecule has 2 aromatic carbocycles. The molecule has 0 unspecified atom stereocenters. The number of para-hydroxylation sites is 1. The molecule has 0 atom stereocenters. The second-order valence-corrected chi connectivity index (χ2v) is 12.1. The van der Waals surface area contributed by atoms with Crippen molar-refractivity contribution in [2.45, 2.75) is 57.6 Å². The van der Waals surface area contributed by atoms with E-state index >= 15 is 0 Å². The lowest BCUT2D eigenvalue weighted by molar-refractivity contribution is 0.0926. The molecule has 1 heterocycles. The minimum absolute atomic E-state index is 0.259. The Balaban J connectivity index is 1.35. The van der Waals surface area contributed by atoms with Crippen molar-refractivity contribution in [2.24, 2.45) is 11.8 Å². The second-order valence-electron chi connectivity index (χ2n) is 9.46. The van der Waals surface area contributed by atoms with Crippen LogP contribution in [0.25, 0.3) is 0 Å². The van der Waals surface area contributed by atoms with Gasteiger partial charge < -0.3 is 0 Å². The average Bonchev–Trinajstić information content (AvgIpc) is 3.03. The van der Waals surface area contributed by atoms with Gasteiger partial charge in [-0.2, -0.15) is 0 Å². The van der Waals surface area contributed by atoms with Crippen LogP contribution in [0.2, 0.25) is 0 Å². The summed E-state index contributed by atoms with van der Waals surface area (Å²) in [5, 5.41) is -0.299. The van der Waals surface area contributed by atoms with Crippen LogP contribution in [-0.2, 0) is 16.3 Å². The first kappa shape index (κ1) is 22.7. The normalized spacial score (nSPS) is 21.3. The number of fused-ring (bicyclic) bond motifs is 1. The number of rotatable bonds is 7. The lowest BCUT2D eigenvalue weighted by Gasteiger charge is -2.28. The van der Waals surface area contributed by atoms with Crippen LogP contribution in [0.1, 0.15) is 72.2 Å². The topological polar surface area (TPSA) is 71.5 Å². The van der Waals surface area contributed by atoms with E-state index < -0.39 is 9.84 Å². The predicted octanol–water partition coefficient (Wildman–Crippen LogP) is 5.05. The van der Waals surface area contributed by atoms with E-state index in [1.165, 1.54) is 4.90 Å². The van der Waals surface area contributed by atoms with Gasteiger partial charge in [-0.25, -0.2) is 13.3 Å². The molecule has 0 N–H and O–H groups in total. The van der Waals surface area contributed by atoms with E-state index in [4.69, 9.17) is 0 Å². The molecule has 0 radical (unpaired) electrons. The molecular weight excluding hydrogens is 422 g/mol. The highest BCUT2D eigenvalue weighted by molar-refractivity contribution is 7.91. The fourth-order valence-electron chi connectivity index (χ4n) is 4.83. The maximum absolute atomic E-state index is 12.9. The Kier molecular flexibility index (Phi) is 6.52. The molecule has 0 saturated heterocycles. The number of anilines is 1. The smallest absolute Gasteiger partial charge is 0.266 e. The minimum Gasteiger partial charge on any atom is -0.268 e. The highest BCUT2D eigenvalue weighted by atomic mass is 32.2. The van der Waals surface area contributed by atoms with Crippen molar-refractivity contribution in [3.05, 3.63) is 65.2 Å². The molecule has 1 fully saturated rings. The van der Waals surface area contributed by atoms with Crippen molar-refractivity contribution in [1.29, 1.82) is 0 Å². The highest BCUT2D eigenvalue weighted by Crippen LogP contribution is 2.34. The third-order valence-corrected chi connectivity index (χ3v) is 9.33. The fraction of sp³-hybridized carbons (Fsp3) is 0.462. The summed E-state index contributed by atoms with van der Waals surface area (Å²) in [6.45, 7) is 3.52. The fourth-order valence-corrected chi connectivity index (χ4v) is 6.21. The molecule has 4 rings (SSSR count). The van der Waals surface area contributed by atoms with E-state index in [2.05, 4.69) is 0 Å². The van der Waals surface area contributed by atoms with Crippen LogP contribution in [0.5, 0.6) is 0 Å². The van der Waals surface area contributed by atoms with Gasteiger partial charge >= 0.3 is 0 Å². The third-order valence-electron chi connectivity index (χ3n) is 6.96. The van der Waals surface area contributed by atoms with Crippen molar-refractivity contribution in [3.8, 4) is 0 Å². The number of carbonyl (C=O) groups excluding carboxylic acids is 2. The Morgan fingerprint density at radius 2 is 1.50 bits per heavy atom. The monoisotopic (exact) mass is 453 g/mol. The van der Waals surface area contributed by atoms with Gasteiger partial charge in [-0.1, -0.05) is 37.1 Å². The zero-order valence-corrected chi connectivity index (χ0v) is 19.6. The summed E-state index contributed by atoms with van der Waals surface area (Å²) in [6.07, 6.45) is 5.94. The Labute approximate surface area is 190 Å². The zero-order valence-electron chi connectivity index (χ0n) is 18.8. The Bertz CT molecular complexity index is 1100. The van der Waals surface area contributed by atoms with Crippen LogP contribution in [0.15, 0.2) is 48.5 Å².